The highest BCUT2D eigenvalue weighted by atomic mass is 32.2. The molecule has 12 heteroatoms. The summed E-state index contributed by atoms with van der Waals surface area (Å²) in [6.07, 6.45) is 12.3. The van der Waals surface area contributed by atoms with E-state index in [0.29, 0.717) is 12.8 Å². The zero-order valence-corrected chi connectivity index (χ0v) is 37.5. The molecule has 8 rings (SSSR count). The Morgan fingerprint density at radius 2 is 1.18 bits per heavy atom. The third-order valence-corrected chi connectivity index (χ3v) is 13.9. The lowest BCUT2D eigenvalue weighted by atomic mass is 9.96. The Morgan fingerprint density at radius 1 is 0.600 bits per heavy atom. The normalized spacial score (nSPS) is 13.9. The number of benzene rings is 5. The average Bonchev–Trinajstić information content (AvgIpc) is 3.91. The van der Waals surface area contributed by atoms with Gasteiger partial charge in [-0.2, -0.15) is 0 Å². The van der Waals surface area contributed by atoms with Gasteiger partial charge >= 0.3 is 11.9 Å². The van der Waals surface area contributed by atoms with E-state index in [1.165, 1.54) is 4.90 Å². The number of unbranched alkanes of at least 4 members (excludes halogenated alkanes) is 8. The van der Waals surface area contributed by atoms with Gasteiger partial charge in [0.05, 0.1) is 15.6 Å². The number of hydrogen-bond acceptors (Lipinski definition) is 7. The molecule has 2 amide bonds. The number of amides is 2. The van der Waals surface area contributed by atoms with Crippen LogP contribution in [-0.2, 0) is 20.9 Å². The number of thioether (sulfide) groups is 1. The molecule has 7 aromatic rings. The molecule has 5 aromatic carbocycles. The largest absolute Gasteiger partial charge is 0.481 e. The maximum atomic E-state index is 13.9. The lowest BCUT2D eigenvalue weighted by molar-refractivity contribution is -0.138. The van der Waals surface area contributed by atoms with E-state index >= 15 is 0 Å². The van der Waals surface area contributed by atoms with Gasteiger partial charge in [-0.1, -0.05) is 142 Å². The maximum absolute atomic E-state index is 13.9. The number of para-hydroxylation sites is 1. The topological polar surface area (TPSA) is 139 Å². The van der Waals surface area contributed by atoms with E-state index in [2.05, 4.69) is 71.3 Å². The Labute approximate surface area is 384 Å². The van der Waals surface area contributed by atoms with E-state index in [9.17, 15) is 29.1 Å². The van der Waals surface area contributed by atoms with Crippen molar-refractivity contribution < 1.29 is 29.4 Å². The minimum atomic E-state index is -1.23. The minimum absolute atomic E-state index is 0.0669. The fourth-order valence-corrected chi connectivity index (χ4v) is 10.6. The summed E-state index contributed by atoms with van der Waals surface area (Å²) < 4.78 is 3.72. The zero-order chi connectivity index (χ0) is 45.3. The van der Waals surface area contributed by atoms with Gasteiger partial charge in [0.15, 0.2) is 0 Å². The molecule has 0 saturated carbocycles. The van der Waals surface area contributed by atoms with Crippen LogP contribution in [0.5, 0.6) is 0 Å². The van der Waals surface area contributed by atoms with E-state index < -0.39 is 35.2 Å². The molecule has 10 nitrogen and oxygen atoms in total. The summed E-state index contributed by atoms with van der Waals surface area (Å²) >= 11 is 1.77. The van der Waals surface area contributed by atoms with Gasteiger partial charge in [-0.15, -0.1) is 11.3 Å². The summed E-state index contributed by atoms with van der Waals surface area (Å²) in [6.45, 7) is -0.403. The smallest absolute Gasteiger partial charge is 0.323 e. The number of aliphatic carboxylic acids is 2. The van der Waals surface area contributed by atoms with Gasteiger partial charge in [0.25, 0.3) is 16.7 Å². The lowest BCUT2D eigenvalue weighted by Gasteiger charge is -2.11. The molecule has 1 fully saturated rings. The van der Waals surface area contributed by atoms with Crippen molar-refractivity contribution in [3.63, 3.8) is 0 Å². The van der Waals surface area contributed by atoms with E-state index in [0.717, 1.165) is 128 Å². The van der Waals surface area contributed by atoms with Crippen LogP contribution in [0.25, 0.3) is 50.1 Å². The SMILES string of the molecule is O=C(O)CCCCCCCCCCCN1C(=O)S/C(=c2\s/c(=C/c3ccc4c(c3)c3ccccc3n4-c3ccc(C=C(c4ccccc4)c4ccccc4)cc3)c(=O)n2CC(=O)O)C1=O. The van der Waals surface area contributed by atoms with Gasteiger partial charge in [0, 0.05) is 29.4 Å². The summed E-state index contributed by atoms with van der Waals surface area (Å²) in [7, 11) is 0. The summed E-state index contributed by atoms with van der Waals surface area (Å²) in [5, 5.41) is 20.1. The van der Waals surface area contributed by atoms with Crippen LogP contribution in [0.3, 0.4) is 0 Å². The van der Waals surface area contributed by atoms with E-state index in [-0.39, 0.29) is 27.1 Å². The van der Waals surface area contributed by atoms with Crippen LogP contribution in [0.1, 0.15) is 86.5 Å². The first-order valence-corrected chi connectivity index (χ1v) is 23.7. The molecule has 1 aliphatic rings. The highest BCUT2D eigenvalue weighted by Crippen LogP contribution is 2.34. The van der Waals surface area contributed by atoms with Crippen LogP contribution in [0, 0.1) is 0 Å². The molecule has 0 radical (unpaired) electrons. The molecule has 0 spiro atoms. The quantitative estimate of drug-likeness (QED) is 0.0604. The van der Waals surface area contributed by atoms with Crippen LogP contribution in [0.4, 0.5) is 4.79 Å². The molecule has 2 aromatic heterocycles. The second kappa shape index (κ2) is 20.8. The number of hydrogen-bond donors (Lipinski definition) is 2. The number of imide groups is 1. The highest BCUT2D eigenvalue weighted by molar-refractivity contribution is 8.23. The van der Waals surface area contributed by atoms with Gasteiger partial charge in [0.1, 0.15) is 16.1 Å². The lowest BCUT2D eigenvalue weighted by Crippen LogP contribution is -2.35. The molecule has 2 N–H and O–H groups in total. The third kappa shape index (κ3) is 10.5. The molecule has 1 aliphatic heterocycles. The summed E-state index contributed by atoms with van der Waals surface area (Å²) in [5.41, 5.74) is 7.63. The van der Waals surface area contributed by atoms with Gasteiger partial charge < -0.3 is 14.8 Å². The van der Waals surface area contributed by atoms with Crippen molar-refractivity contribution in [2.45, 2.75) is 70.8 Å². The first-order valence-electron chi connectivity index (χ1n) is 22.1. The number of aromatic nitrogens is 2. The Bertz CT molecular complexity index is 3050. The van der Waals surface area contributed by atoms with Gasteiger partial charge in [-0.3, -0.25) is 33.4 Å². The molecule has 65 heavy (non-hydrogen) atoms. The van der Waals surface area contributed by atoms with Crippen molar-refractivity contribution in [2.75, 3.05) is 6.54 Å². The van der Waals surface area contributed by atoms with Crippen molar-refractivity contribution in [1.29, 1.82) is 0 Å². The summed E-state index contributed by atoms with van der Waals surface area (Å²) in [6, 6.07) is 43.3. The molecule has 0 atom stereocenters. The van der Waals surface area contributed by atoms with E-state index in [1.54, 1.807) is 6.08 Å². The van der Waals surface area contributed by atoms with Crippen LogP contribution in [0.2, 0.25) is 0 Å². The predicted molar refractivity (Wildman–Crippen MR) is 262 cm³/mol. The monoisotopic (exact) mass is 903 g/mol. The summed E-state index contributed by atoms with van der Waals surface area (Å²) in [5.74, 6) is -2.50. The number of thiazole rings is 1. The van der Waals surface area contributed by atoms with E-state index in [4.69, 9.17) is 5.11 Å². The number of rotatable bonds is 19. The Balaban J connectivity index is 1.04. The standard InChI is InChI=1S/C53H49N3O7S2/c57-47(58)24-14-6-4-2-1-3-5-7-17-31-54-51(62)49(65-53(54)63)52-55(35-48(59)60)50(61)46(64-52)34-37-27-30-45-43(33-37)41-22-15-16-23-44(41)56(45)40-28-25-36(26-29-40)32-42(38-18-10-8-11-19-38)39-20-12-9-13-21-39/h8-13,15-16,18-23,25-30,32-34H,1-7,14,17,24,31,35H2,(H,57,58)(H,59,60)/b46-34+,52-49-. The first-order chi connectivity index (χ1) is 31.7. The van der Waals surface area contributed by atoms with Gasteiger partial charge in [-0.25, -0.2) is 0 Å². The number of fused-ring (bicyclic) bond motifs is 3. The van der Waals surface area contributed by atoms with Crippen molar-refractivity contribution in [2.24, 2.45) is 0 Å². The third-order valence-electron chi connectivity index (χ3n) is 11.6. The van der Waals surface area contributed by atoms with Gasteiger partial charge in [0.2, 0.25) is 0 Å². The zero-order valence-electron chi connectivity index (χ0n) is 35.9. The van der Waals surface area contributed by atoms with Crippen molar-refractivity contribution >= 4 is 90.6 Å². The molecule has 330 valence electrons. The molecule has 1 saturated heterocycles. The summed E-state index contributed by atoms with van der Waals surface area (Å²) in [4.78, 5) is 64.6. The molecule has 0 bridgehead atoms. The molecule has 0 unspecified atom stereocenters. The number of carboxylic acids is 2. The molecule has 0 aliphatic carbocycles. The second-order valence-electron chi connectivity index (χ2n) is 16.2. The Morgan fingerprint density at radius 3 is 1.83 bits per heavy atom. The minimum Gasteiger partial charge on any atom is -0.481 e. The molecular formula is C53H49N3O7S2. The van der Waals surface area contributed by atoms with Crippen molar-refractivity contribution in [3.05, 3.63) is 169 Å². The number of carboxylic acid groups (broad SMARTS) is 2. The second-order valence-corrected chi connectivity index (χ2v) is 18.2. The fraction of sp³-hybridized carbons (Fsp3) is 0.226. The van der Waals surface area contributed by atoms with Crippen LogP contribution in [-0.4, -0.2) is 53.9 Å². The van der Waals surface area contributed by atoms with Crippen molar-refractivity contribution in [1.82, 2.24) is 14.0 Å². The number of carbonyl (C=O) groups excluding carboxylic acids is 2. The number of nitrogens with zero attached hydrogens (tertiary/aromatic N) is 3. The van der Waals surface area contributed by atoms with Crippen molar-refractivity contribution in [3.8, 4) is 5.69 Å². The fourth-order valence-electron chi connectivity index (χ4n) is 8.44. The predicted octanol–water partition coefficient (Wildman–Crippen LogP) is 10.3. The van der Waals surface area contributed by atoms with Crippen LogP contribution >= 0.6 is 23.1 Å². The van der Waals surface area contributed by atoms with E-state index in [1.807, 2.05) is 66.7 Å². The van der Waals surface area contributed by atoms with Gasteiger partial charge in [-0.05, 0) is 94.9 Å². The first kappa shape index (κ1) is 44.8. The Hall–Kier alpha value is -6.76. The Kier molecular flexibility index (Phi) is 14.4. The van der Waals surface area contributed by atoms with Crippen LogP contribution < -0.4 is 14.8 Å². The molecular weight excluding hydrogens is 855 g/mol. The van der Waals surface area contributed by atoms with Crippen LogP contribution in [0.15, 0.2) is 132 Å². The average molecular weight is 904 g/mol. The molecule has 3 heterocycles. The highest BCUT2D eigenvalue weighted by Gasteiger charge is 2.36. The number of carbonyl (C=O) groups is 4. The maximum Gasteiger partial charge on any atom is 0.323 e.